The van der Waals surface area contributed by atoms with Crippen molar-refractivity contribution in [2.75, 3.05) is 17.2 Å². The molecule has 0 spiro atoms. The summed E-state index contributed by atoms with van der Waals surface area (Å²) in [4.78, 5) is 4.63. The summed E-state index contributed by atoms with van der Waals surface area (Å²) in [5.41, 5.74) is 0. The molecule has 3 nitrogen and oxygen atoms in total. The van der Waals surface area contributed by atoms with E-state index in [4.69, 9.17) is 0 Å². The Kier molecular flexibility index (Phi) is 5.06. The topological polar surface area (TPSA) is 37.0 Å². The highest BCUT2D eigenvalue weighted by atomic mass is 15.1. The zero-order valence-corrected chi connectivity index (χ0v) is 12.4. The molecule has 1 aliphatic rings. The van der Waals surface area contributed by atoms with Crippen LogP contribution in [-0.4, -0.2) is 17.6 Å². The first-order chi connectivity index (χ1) is 9.17. The van der Waals surface area contributed by atoms with Gasteiger partial charge < -0.3 is 10.6 Å². The molecule has 0 aliphatic heterocycles. The minimum Gasteiger partial charge on any atom is -0.370 e. The first-order valence-corrected chi connectivity index (χ1v) is 7.64. The zero-order chi connectivity index (χ0) is 13.7. The highest BCUT2D eigenvalue weighted by molar-refractivity contribution is 5.45. The van der Waals surface area contributed by atoms with Crippen LogP contribution >= 0.6 is 0 Å². The second kappa shape index (κ2) is 6.78. The molecular formula is C16H27N3. The number of rotatable bonds is 5. The van der Waals surface area contributed by atoms with Gasteiger partial charge in [-0.05, 0) is 49.7 Å². The van der Waals surface area contributed by atoms with Crippen molar-refractivity contribution >= 4 is 11.6 Å². The molecule has 1 aromatic rings. The lowest BCUT2D eigenvalue weighted by atomic mass is 9.80. The number of hydrogen-bond acceptors (Lipinski definition) is 3. The predicted octanol–water partition coefficient (Wildman–Crippen LogP) is 4.14. The lowest BCUT2D eigenvalue weighted by Crippen LogP contribution is -2.30. The second-order valence-electron chi connectivity index (χ2n) is 6.09. The minimum absolute atomic E-state index is 0.577. The normalized spacial score (nSPS) is 27.0. The van der Waals surface area contributed by atoms with Crippen molar-refractivity contribution in [1.29, 1.82) is 0 Å². The molecule has 0 aromatic carbocycles. The van der Waals surface area contributed by atoms with Crippen molar-refractivity contribution in [3.05, 3.63) is 18.2 Å². The molecule has 2 N–H and O–H groups in total. The Morgan fingerprint density at radius 3 is 2.47 bits per heavy atom. The molecule has 2 rings (SSSR count). The average Bonchev–Trinajstić information content (AvgIpc) is 2.35. The van der Waals surface area contributed by atoms with Crippen molar-refractivity contribution in [1.82, 2.24) is 4.98 Å². The molecule has 0 amide bonds. The van der Waals surface area contributed by atoms with E-state index in [1.165, 1.54) is 19.3 Å². The van der Waals surface area contributed by atoms with E-state index in [0.29, 0.717) is 6.04 Å². The fourth-order valence-corrected chi connectivity index (χ4v) is 3.14. The van der Waals surface area contributed by atoms with Crippen LogP contribution in [0.3, 0.4) is 0 Å². The van der Waals surface area contributed by atoms with Crippen LogP contribution in [0.15, 0.2) is 18.2 Å². The van der Waals surface area contributed by atoms with Crippen LogP contribution in [0.1, 0.15) is 46.5 Å². The number of hydrogen-bond donors (Lipinski definition) is 2. The Morgan fingerprint density at radius 2 is 1.79 bits per heavy atom. The average molecular weight is 261 g/mol. The SMILES string of the molecule is CCCNc1cccc(NC2CC(C)CC(C)C2)n1. The quantitative estimate of drug-likeness (QED) is 0.836. The molecule has 1 aromatic heterocycles. The zero-order valence-electron chi connectivity index (χ0n) is 12.4. The minimum atomic E-state index is 0.577. The van der Waals surface area contributed by atoms with Gasteiger partial charge in [-0.3, -0.25) is 0 Å². The van der Waals surface area contributed by atoms with Crippen LogP contribution in [0.5, 0.6) is 0 Å². The van der Waals surface area contributed by atoms with Gasteiger partial charge in [-0.2, -0.15) is 0 Å². The molecule has 0 saturated heterocycles. The van der Waals surface area contributed by atoms with Crippen molar-refractivity contribution in [3.8, 4) is 0 Å². The standard InChI is InChI=1S/C16H27N3/c1-4-8-17-15-6-5-7-16(19-15)18-14-10-12(2)9-13(3)11-14/h5-7,12-14H,4,8-11H2,1-3H3,(H2,17,18,19). The maximum atomic E-state index is 4.63. The number of aromatic nitrogens is 1. The van der Waals surface area contributed by atoms with Gasteiger partial charge >= 0.3 is 0 Å². The van der Waals surface area contributed by atoms with E-state index in [2.05, 4.69) is 48.5 Å². The van der Waals surface area contributed by atoms with E-state index in [1.54, 1.807) is 0 Å². The molecule has 2 unspecified atom stereocenters. The molecule has 1 heterocycles. The first kappa shape index (κ1) is 14.2. The third kappa shape index (κ3) is 4.41. The van der Waals surface area contributed by atoms with E-state index in [1.807, 2.05) is 6.07 Å². The summed E-state index contributed by atoms with van der Waals surface area (Å²) in [5, 5.41) is 6.95. The summed E-state index contributed by atoms with van der Waals surface area (Å²) in [5.74, 6) is 3.63. The lowest BCUT2D eigenvalue weighted by molar-refractivity contribution is 0.280. The van der Waals surface area contributed by atoms with Crippen molar-refractivity contribution in [2.45, 2.75) is 52.5 Å². The van der Waals surface area contributed by atoms with Gasteiger partial charge in [-0.25, -0.2) is 4.98 Å². The summed E-state index contributed by atoms with van der Waals surface area (Å²) in [6, 6.07) is 6.75. The van der Waals surface area contributed by atoms with Gasteiger partial charge in [-0.1, -0.05) is 26.8 Å². The van der Waals surface area contributed by atoms with Crippen molar-refractivity contribution in [2.24, 2.45) is 11.8 Å². The lowest BCUT2D eigenvalue weighted by Gasteiger charge is -2.32. The van der Waals surface area contributed by atoms with E-state index in [0.717, 1.165) is 36.4 Å². The molecule has 106 valence electrons. The van der Waals surface area contributed by atoms with Gasteiger partial charge in [0.05, 0.1) is 0 Å². The number of pyridine rings is 1. The molecule has 1 fully saturated rings. The smallest absolute Gasteiger partial charge is 0.128 e. The molecule has 2 atom stereocenters. The predicted molar refractivity (Wildman–Crippen MR) is 82.6 cm³/mol. The van der Waals surface area contributed by atoms with E-state index in [9.17, 15) is 0 Å². The van der Waals surface area contributed by atoms with E-state index < -0.39 is 0 Å². The van der Waals surface area contributed by atoms with Crippen LogP contribution in [0.25, 0.3) is 0 Å². The van der Waals surface area contributed by atoms with Crippen LogP contribution in [0.2, 0.25) is 0 Å². The Labute approximate surface area is 117 Å². The molecular weight excluding hydrogens is 234 g/mol. The van der Waals surface area contributed by atoms with Gasteiger partial charge in [0.15, 0.2) is 0 Å². The van der Waals surface area contributed by atoms with Crippen LogP contribution in [-0.2, 0) is 0 Å². The summed E-state index contributed by atoms with van der Waals surface area (Å²) < 4.78 is 0. The monoisotopic (exact) mass is 261 g/mol. The van der Waals surface area contributed by atoms with Crippen LogP contribution < -0.4 is 10.6 Å². The van der Waals surface area contributed by atoms with Crippen molar-refractivity contribution in [3.63, 3.8) is 0 Å². The summed E-state index contributed by atoms with van der Waals surface area (Å²) in [7, 11) is 0. The number of anilines is 2. The van der Waals surface area contributed by atoms with Gasteiger partial charge in [0.25, 0.3) is 0 Å². The summed E-state index contributed by atoms with van der Waals surface area (Å²) in [6.07, 6.45) is 5.01. The van der Waals surface area contributed by atoms with E-state index in [-0.39, 0.29) is 0 Å². The maximum Gasteiger partial charge on any atom is 0.128 e. The Bertz CT molecular complexity index is 381. The second-order valence-corrected chi connectivity index (χ2v) is 6.09. The van der Waals surface area contributed by atoms with Gasteiger partial charge in [0, 0.05) is 12.6 Å². The van der Waals surface area contributed by atoms with Gasteiger partial charge in [-0.15, -0.1) is 0 Å². The maximum absolute atomic E-state index is 4.63. The fraction of sp³-hybridized carbons (Fsp3) is 0.688. The highest BCUT2D eigenvalue weighted by Crippen LogP contribution is 2.30. The number of nitrogens with zero attached hydrogens (tertiary/aromatic N) is 1. The first-order valence-electron chi connectivity index (χ1n) is 7.64. The summed E-state index contributed by atoms with van der Waals surface area (Å²) >= 11 is 0. The highest BCUT2D eigenvalue weighted by Gasteiger charge is 2.23. The van der Waals surface area contributed by atoms with Gasteiger partial charge in [0.2, 0.25) is 0 Å². The van der Waals surface area contributed by atoms with Crippen molar-refractivity contribution < 1.29 is 0 Å². The Hall–Kier alpha value is -1.25. The molecule has 1 saturated carbocycles. The fourth-order valence-electron chi connectivity index (χ4n) is 3.14. The van der Waals surface area contributed by atoms with Crippen LogP contribution in [0.4, 0.5) is 11.6 Å². The number of nitrogens with one attached hydrogen (secondary N) is 2. The summed E-state index contributed by atoms with van der Waals surface area (Å²) in [6.45, 7) is 7.86. The molecule has 19 heavy (non-hydrogen) atoms. The Balaban J connectivity index is 1.94. The van der Waals surface area contributed by atoms with Gasteiger partial charge in [0.1, 0.15) is 11.6 Å². The largest absolute Gasteiger partial charge is 0.370 e. The Morgan fingerprint density at radius 1 is 1.11 bits per heavy atom. The molecule has 0 radical (unpaired) electrons. The molecule has 0 bridgehead atoms. The molecule has 1 aliphatic carbocycles. The third-order valence-corrected chi connectivity index (χ3v) is 3.84. The van der Waals surface area contributed by atoms with Crippen LogP contribution in [0, 0.1) is 11.8 Å². The molecule has 3 heteroatoms. The van der Waals surface area contributed by atoms with E-state index >= 15 is 0 Å². The third-order valence-electron chi connectivity index (χ3n) is 3.84.